The Labute approximate surface area is 120 Å². The summed E-state index contributed by atoms with van der Waals surface area (Å²) in [5, 5.41) is 0. The van der Waals surface area contributed by atoms with Gasteiger partial charge in [-0.1, -0.05) is 10.5 Å². The van der Waals surface area contributed by atoms with Crippen LogP contribution in [0.3, 0.4) is 0 Å². The summed E-state index contributed by atoms with van der Waals surface area (Å²) in [6.07, 6.45) is -4.40. The van der Waals surface area contributed by atoms with Crippen molar-refractivity contribution in [1.29, 1.82) is 0 Å². The van der Waals surface area contributed by atoms with Crippen LogP contribution >= 0.6 is 0 Å². The summed E-state index contributed by atoms with van der Waals surface area (Å²) in [6, 6.07) is 3.72. The van der Waals surface area contributed by atoms with E-state index in [1.54, 1.807) is 40.7 Å². The smallest absolute Gasteiger partial charge is 0.416 e. The van der Waals surface area contributed by atoms with Crippen molar-refractivity contribution in [2.45, 2.75) is 45.5 Å². The van der Waals surface area contributed by atoms with Crippen LogP contribution in [0.2, 0.25) is 0 Å². The molecule has 0 saturated carbocycles. The Morgan fingerprint density at radius 1 is 1.15 bits per heavy atom. The van der Waals surface area contributed by atoms with Gasteiger partial charge in [0.25, 0.3) is 0 Å². The Bertz CT molecular complexity index is 518. The zero-order chi connectivity index (χ0) is 15.7. The molecule has 0 fully saturated rings. The lowest BCUT2D eigenvalue weighted by atomic mass is 10.0. The predicted octanol–water partition coefficient (Wildman–Crippen LogP) is 4.29. The van der Waals surface area contributed by atoms with E-state index in [1.807, 2.05) is 0 Å². The Morgan fingerprint density at radius 3 is 2.15 bits per heavy atom. The third kappa shape index (κ3) is 4.52. The molecule has 0 aliphatic carbocycles. The van der Waals surface area contributed by atoms with Gasteiger partial charge in [0.2, 0.25) is 0 Å². The van der Waals surface area contributed by atoms with Crippen molar-refractivity contribution in [2.75, 3.05) is 0 Å². The highest BCUT2D eigenvalue weighted by Crippen LogP contribution is 2.31. The highest BCUT2D eigenvalue weighted by atomic mass is 32.2. The maximum absolute atomic E-state index is 12.8. The van der Waals surface area contributed by atoms with Crippen molar-refractivity contribution in [3.05, 3.63) is 34.9 Å². The molecule has 0 aromatic heterocycles. The molecule has 0 heterocycles. The van der Waals surface area contributed by atoms with Gasteiger partial charge in [-0.25, -0.2) is 0 Å². The van der Waals surface area contributed by atoms with Gasteiger partial charge in [0.15, 0.2) is 0 Å². The molecule has 1 aromatic rings. The van der Waals surface area contributed by atoms with Crippen LogP contribution in [0.15, 0.2) is 22.6 Å². The lowest BCUT2D eigenvalue weighted by molar-refractivity contribution is -0.137. The second-order valence-corrected chi connectivity index (χ2v) is 7.53. The lowest BCUT2D eigenvalue weighted by Crippen LogP contribution is -2.26. The van der Waals surface area contributed by atoms with Crippen LogP contribution in [0.4, 0.5) is 13.2 Å². The first-order valence-electron chi connectivity index (χ1n) is 6.08. The molecule has 0 N–H and O–H groups in total. The second-order valence-electron chi connectivity index (χ2n) is 5.62. The number of rotatable bonds is 2. The average Bonchev–Trinajstić information content (AvgIpc) is 2.25. The molecule has 0 aliphatic heterocycles. The number of hydrogen-bond acceptors (Lipinski definition) is 2. The van der Waals surface area contributed by atoms with E-state index < -0.39 is 27.8 Å². The summed E-state index contributed by atoms with van der Waals surface area (Å²) in [5.41, 5.74) is 0.455. The Kier molecular flexibility index (Phi) is 4.92. The molecule has 0 amide bonds. The summed E-state index contributed by atoms with van der Waals surface area (Å²) >= 11 is -1.50. The maximum atomic E-state index is 12.8. The topological polar surface area (TPSA) is 35.4 Å². The maximum Gasteiger partial charge on any atom is 0.416 e. The first-order chi connectivity index (χ1) is 8.91. The summed E-state index contributed by atoms with van der Waals surface area (Å²) in [4.78, 5) is 0. The fraction of sp³-hybridized carbons (Fsp3) is 0.500. The van der Waals surface area contributed by atoms with Crippen molar-refractivity contribution in [1.82, 2.24) is 0 Å². The average molecular weight is 305 g/mol. The van der Waals surface area contributed by atoms with E-state index >= 15 is 0 Å². The van der Waals surface area contributed by atoms with Gasteiger partial charge in [-0.05, 0) is 52.3 Å². The number of nitrogens with zero attached hydrogens (tertiary/aromatic N) is 1. The lowest BCUT2D eigenvalue weighted by Gasteiger charge is -2.19. The molecule has 0 spiro atoms. The molecule has 112 valence electrons. The minimum absolute atomic E-state index is 0.340. The fourth-order valence-corrected chi connectivity index (χ4v) is 2.10. The van der Waals surface area contributed by atoms with Crippen molar-refractivity contribution in [3.8, 4) is 0 Å². The van der Waals surface area contributed by atoms with Gasteiger partial charge in [-0.15, -0.1) is 0 Å². The van der Waals surface area contributed by atoms with Crippen molar-refractivity contribution in [2.24, 2.45) is 4.40 Å². The molecule has 0 radical (unpaired) electrons. The highest BCUT2D eigenvalue weighted by molar-refractivity contribution is 7.91. The molecule has 0 aliphatic rings. The van der Waals surface area contributed by atoms with E-state index in [2.05, 4.69) is 4.40 Å². The molecular weight excluding hydrogens is 287 g/mol. The normalized spacial score (nSPS) is 15.3. The zero-order valence-corrected chi connectivity index (χ0v) is 12.9. The number of aryl methyl sites for hydroxylation is 1. The van der Waals surface area contributed by atoms with E-state index in [-0.39, 0.29) is 0 Å². The SMILES string of the molecule is CC(=N[S+]([O-])C(C)(C)C)c1cc(C)cc(C(F)(F)F)c1. The molecule has 0 bridgehead atoms. The van der Waals surface area contributed by atoms with Gasteiger partial charge < -0.3 is 4.55 Å². The van der Waals surface area contributed by atoms with E-state index in [1.165, 1.54) is 0 Å². The van der Waals surface area contributed by atoms with Gasteiger partial charge in [-0.2, -0.15) is 13.2 Å². The van der Waals surface area contributed by atoms with E-state index in [0.29, 0.717) is 16.8 Å². The van der Waals surface area contributed by atoms with Gasteiger partial charge >= 0.3 is 6.18 Å². The number of benzene rings is 1. The Morgan fingerprint density at radius 2 is 1.70 bits per heavy atom. The van der Waals surface area contributed by atoms with Crippen molar-refractivity contribution in [3.63, 3.8) is 0 Å². The molecular formula is C14H18F3NOS. The molecule has 6 heteroatoms. The minimum atomic E-state index is -4.40. The van der Waals surface area contributed by atoms with Crippen LogP contribution in [0, 0.1) is 6.92 Å². The third-order valence-electron chi connectivity index (χ3n) is 2.57. The van der Waals surface area contributed by atoms with Crippen molar-refractivity contribution < 1.29 is 17.7 Å². The first kappa shape index (κ1) is 17.0. The third-order valence-corrected chi connectivity index (χ3v) is 4.05. The first-order valence-corrected chi connectivity index (χ1v) is 7.18. The van der Waals surface area contributed by atoms with Gasteiger partial charge in [-0.3, -0.25) is 0 Å². The summed E-state index contributed by atoms with van der Waals surface area (Å²) in [6.45, 7) is 8.44. The largest absolute Gasteiger partial charge is 0.591 e. The van der Waals surface area contributed by atoms with Gasteiger partial charge in [0, 0.05) is 5.56 Å². The van der Waals surface area contributed by atoms with Crippen LogP contribution in [-0.4, -0.2) is 15.0 Å². The quantitative estimate of drug-likeness (QED) is 0.593. The van der Waals surface area contributed by atoms with Crippen molar-refractivity contribution >= 4 is 17.1 Å². The van der Waals surface area contributed by atoms with Crippen LogP contribution < -0.4 is 0 Å². The number of alkyl halides is 3. The summed E-state index contributed by atoms with van der Waals surface area (Å²) in [5.74, 6) is 0. The highest BCUT2D eigenvalue weighted by Gasteiger charge is 2.31. The molecule has 1 unspecified atom stereocenters. The van der Waals surface area contributed by atoms with E-state index in [9.17, 15) is 17.7 Å². The van der Waals surface area contributed by atoms with E-state index in [4.69, 9.17) is 0 Å². The van der Waals surface area contributed by atoms with Crippen LogP contribution in [0.1, 0.15) is 44.4 Å². The molecule has 20 heavy (non-hydrogen) atoms. The van der Waals surface area contributed by atoms with Crippen LogP contribution in [-0.2, 0) is 17.5 Å². The second kappa shape index (κ2) is 5.77. The Hall–Kier alpha value is -1.01. The fourth-order valence-electron chi connectivity index (χ4n) is 1.47. The van der Waals surface area contributed by atoms with E-state index in [0.717, 1.165) is 12.1 Å². The molecule has 2 nitrogen and oxygen atoms in total. The predicted molar refractivity (Wildman–Crippen MR) is 76.3 cm³/mol. The van der Waals surface area contributed by atoms with Gasteiger partial charge in [0.1, 0.15) is 16.1 Å². The standard InChI is InChI=1S/C14H18F3NOS/c1-9-6-11(8-12(7-9)14(15,16)17)10(2)18-20(19)13(3,4)5/h6-8H,1-5H3. The summed E-state index contributed by atoms with van der Waals surface area (Å²) in [7, 11) is 0. The van der Waals surface area contributed by atoms with Crippen LogP contribution in [0.25, 0.3) is 0 Å². The van der Waals surface area contributed by atoms with Gasteiger partial charge in [0.05, 0.1) is 11.3 Å². The monoisotopic (exact) mass is 305 g/mol. The molecule has 1 aromatic carbocycles. The molecule has 1 atom stereocenters. The molecule has 1 rings (SSSR count). The Balaban J connectivity index is 3.20. The number of hydrogen-bond donors (Lipinski definition) is 0. The zero-order valence-electron chi connectivity index (χ0n) is 12.1. The summed E-state index contributed by atoms with van der Waals surface area (Å²) < 4.78 is 53.7. The van der Waals surface area contributed by atoms with Crippen LogP contribution in [0.5, 0.6) is 0 Å². The number of halogens is 3. The minimum Gasteiger partial charge on any atom is -0.591 e. The molecule has 0 saturated heterocycles.